The highest BCUT2D eigenvalue weighted by Crippen LogP contribution is 2.33. The first-order chi connectivity index (χ1) is 18.4. The van der Waals surface area contributed by atoms with E-state index in [4.69, 9.17) is 17.3 Å². The first-order valence-corrected chi connectivity index (χ1v) is 14.3. The Morgan fingerprint density at radius 2 is 1.67 bits per heavy atom. The van der Waals surface area contributed by atoms with Crippen LogP contribution in [-0.4, -0.2) is 37.9 Å². The molecule has 8 nitrogen and oxygen atoms in total. The fourth-order valence-corrected chi connectivity index (χ4v) is 5.80. The van der Waals surface area contributed by atoms with E-state index >= 15 is 0 Å². The summed E-state index contributed by atoms with van der Waals surface area (Å²) in [7, 11) is -4.14. The maximum atomic E-state index is 14.1. The number of carbonyl (C=O) groups excluding carboxylic acids is 3. The topological polar surface area (TPSA) is 135 Å². The van der Waals surface area contributed by atoms with Crippen LogP contribution in [0.25, 0.3) is 11.1 Å². The maximum absolute atomic E-state index is 14.1. The highest BCUT2D eigenvalue weighted by molar-refractivity contribution is 7.90. The van der Waals surface area contributed by atoms with Gasteiger partial charge in [0.15, 0.2) is 0 Å². The summed E-state index contributed by atoms with van der Waals surface area (Å²) in [6.07, 6.45) is 0.0979. The molecule has 3 amide bonds. The van der Waals surface area contributed by atoms with E-state index in [9.17, 15) is 27.2 Å². The fraction of sp³-hybridized carbons (Fsp3) is 0.222. The summed E-state index contributed by atoms with van der Waals surface area (Å²) in [6.45, 7) is 1.09. The minimum atomic E-state index is -4.14. The van der Waals surface area contributed by atoms with E-state index in [0.29, 0.717) is 16.7 Å². The number of carbonyl (C=O) groups is 3. The lowest BCUT2D eigenvalue weighted by atomic mass is 9.97. The second kappa shape index (κ2) is 13.1. The van der Waals surface area contributed by atoms with Crippen LogP contribution in [0.5, 0.6) is 0 Å². The summed E-state index contributed by atoms with van der Waals surface area (Å²) >= 11 is 10.7. The standard InChI is InChI=1S/C27H27ClFN3O5S2/c1-16(33)32-39(36,37)25-9-5-3-7-21(25)20-11-10-17(12-22(20)28)13-24(26(30)34)31-27(35)19(15-38)14-18-6-2-4-8-23(18)29/h2-12,19,24,38H,13-15H2,1H3,(H2,30,34)(H,31,35)(H,32,33)/t19-,24?/m1/s1. The molecule has 3 aromatic carbocycles. The zero-order chi connectivity index (χ0) is 28.7. The SMILES string of the molecule is CC(=O)NS(=O)(=O)c1ccccc1-c1ccc(CC(NC(=O)[C@@H](CS)Cc2ccccc2F)C(N)=O)cc1Cl. The van der Waals surface area contributed by atoms with Gasteiger partial charge in [-0.2, -0.15) is 12.6 Å². The van der Waals surface area contributed by atoms with Crippen molar-refractivity contribution in [2.45, 2.75) is 30.7 Å². The average Bonchev–Trinajstić information content (AvgIpc) is 2.87. The minimum Gasteiger partial charge on any atom is -0.368 e. The predicted molar refractivity (Wildman–Crippen MR) is 150 cm³/mol. The molecule has 0 heterocycles. The molecular formula is C27H27ClFN3O5S2. The van der Waals surface area contributed by atoms with E-state index in [0.717, 1.165) is 6.92 Å². The molecule has 0 saturated carbocycles. The van der Waals surface area contributed by atoms with E-state index in [1.54, 1.807) is 42.5 Å². The molecule has 3 aromatic rings. The van der Waals surface area contributed by atoms with Crippen molar-refractivity contribution in [3.63, 3.8) is 0 Å². The second-order valence-corrected chi connectivity index (χ2v) is 11.2. The number of halogens is 2. The lowest BCUT2D eigenvalue weighted by Gasteiger charge is -2.21. The molecule has 0 fully saturated rings. The molecule has 0 aliphatic carbocycles. The van der Waals surface area contributed by atoms with Crippen molar-refractivity contribution in [2.24, 2.45) is 11.7 Å². The van der Waals surface area contributed by atoms with E-state index in [2.05, 4.69) is 17.9 Å². The van der Waals surface area contributed by atoms with Gasteiger partial charge in [-0.05, 0) is 35.7 Å². The maximum Gasteiger partial charge on any atom is 0.264 e. The lowest BCUT2D eigenvalue weighted by molar-refractivity contribution is -0.129. The van der Waals surface area contributed by atoms with Gasteiger partial charge in [-0.25, -0.2) is 17.5 Å². The van der Waals surface area contributed by atoms with Crippen LogP contribution in [-0.2, 0) is 37.2 Å². The van der Waals surface area contributed by atoms with Gasteiger partial charge in [-0.3, -0.25) is 14.4 Å². The summed E-state index contributed by atoms with van der Waals surface area (Å²) in [5, 5.41) is 2.80. The Hall–Kier alpha value is -3.41. The summed E-state index contributed by atoms with van der Waals surface area (Å²) < 4.78 is 41.3. The molecule has 0 radical (unpaired) electrons. The quantitative estimate of drug-likeness (QED) is 0.254. The Bertz CT molecular complexity index is 1500. The Labute approximate surface area is 236 Å². The van der Waals surface area contributed by atoms with Gasteiger partial charge in [-0.1, -0.05) is 60.1 Å². The fourth-order valence-electron chi connectivity index (χ4n) is 3.99. The third kappa shape index (κ3) is 7.81. The number of sulfonamides is 1. The number of hydrogen-bond donors (Lipinski definition) is 4. The highest BCUT2D eigenvalue weighted by Gasteiger charge is 2.26. The van der Waals surface area contributed by atoms with Crippen molar-refractivity contribution in [3.8, 4) is 11.1 Å². The lowest BCUT2D eigenvalue weighted by Crippen LogP contribution is -2.48. The molecule has 3 rings (SSSR count). The van der Waals surface area contributed by atoms with E-state index in [1.807, 2.05) is 4.72 Å². The van der Waals surface area contributed by atoms with Gasteiger partial charge in [-0.15, -0.1) is 0 Å². The van der Waals surface area contributed by atoms with Crippen LogP contribution < -0.4 is 15.8 Å². The number of rotatable bonds is 11. The Balaban J connectivity index is 1.81. The molecule has 0 saturated heterocycles. The highest BCUT2D eigenvalue weighted by atomic mass is 35.5. The molecule has 206 valence electrons. The minimum absolute atomic E-state index is 0.00585. The molecule has 1 unspecified atom stereocenters. The predicted octanol–water partition coefficient (Wildman–Crippen LogP) is 3.27. The zero-order valence-corrected chi connectivity index (χ0v) is 23.3. The van der Waals surface area contributed by atoms with Crippen molar-refractivity contribution in [3.05, 3.63) is 88.7 Å². The normalized spacial score (nSPS) is 12.8. The van der Waals surface area contributed by atoms with Gasteiger partial charge >= 0.3 is 0 Å². The van der Waals surface area contributed by atoms with Gasteiger partial charge in [0.25, 0.3) is 10.0 Å². The number of nitrogens with one attached hydrogen (secondary N) is 2. The van der Waals surface area contributed by atoms with Crippen LogP contribution in [0.15, 0.2) is 71.6 Å². The van der Waals surface area contributed by atoms with Crippen LogP contribution >= 0.6 is 24.2 Å². The molecule has 0 aliphatic rings. The first-order valence-electron chi connectivity index (χ1n) is 11.8. The van der Waals surface area contributed by atoms with E-state index in [-0.39, 0.29) is 34.1 Å². The molecule has 12 heteroatoms. The van der Waals surface area contributed by atoms with Crippen LogP contribution in [0, 0.1) is 11.7 Å². The van der Waals surface area contributed by atoms with Crippen molar-refractivity contribution in [2.75, 3.05) is 5.75 Å². The number of primary amides is 1. The van der Waals surface area contributed by atoms with Crippen LogP contribution in [0.2, 0.25) is 5.02 Å². The third-order valence-corrected chi connectivity index (χ3v) is 8.14. The molecule has 0 aromatic heterocycles. The van der Waals surface area contributed by atoms with Gasteiger partial charge in [0.2, 0.25) is 17.7 Å². The van der Waals surface area contributed by atoms with Crippen molar-refractivity contribution in [1.82, 2.24) is 10.0 Å². The number of amides is 3. The smallest absolute Gasteiger partial charge is 0.264 e. The number of hydrogen-bond acceptors (Lipinski definition) is 6. The Morgan fingerprint density at radius 3 is 2.28 bits per heavy atom. The molecular weight excluding hydrogens is 565 g/mol. The zero-order valence-electron chi connectivity index (χ0n) is 20.9. The van der Waals surface area contributed by atoms with Gasteiger partial charge in [0.05, 0.1) is 10.8 Å². The summed E-state index contributed by atoms with van der Waals surface area (Å²) in [5.74, 6) is -3.05. The van der Waals surface area contributed by atoms with Crippen LogP contribution in [0.3, 0.4) is 0 Å². The monoisotopic (exact) mass is 591 g/mol. The molecule has 0 bridgehead atoms. The molecule has 4 N–H and O–H groups in total. The van der Waals surface area contributed by atoms with Gasteiger partial charge in [0, 0.05) is 35.2 Å². The van der Waals surface area contributed by atoms with E-state index in [1.165, 1.54) is 24.3 Å². The molecule has 39 heavy (non-hydrogen) atoms. The van der Waals surface area contributed by atoms with Gasteiger partial charge < -0.3 is 11.1 Å². The van der Waals surface area contributed by atoms with Crippen LogP contribution in [0.1, 0.15) is 18.1 Å². The van der Waals surface area contributed by atoms with Gasteiger partial charge in [0.1, 0.15) is 11.9 Å². The Morgan fingerprint density at radius 1 is 1.00 bits per heavy atom. The van der Waals surface area contributed by atoms with E-state index < -0.39 is 45.5 Å². The molecule has 0 spiro atoms. The van der Waals surface area contributed by atoms with Crippen molar-refractivity contribution in [1.29, 1.82) is 0 Å². The Kier molecular flexibility index (Phi) is 10.1. The molecule has 2 atom stereocenters. The van der Waals surface area contributed by atoms with Crippen LogP contribution in [0.4, 0.5) is 4.39 Å². The summed E-state index contributed by atoms with van der Waals surface area (Å²) in [5.41, 5.74) is 7.10. The summed E-state index contributed by atoms with van der Waals surface area (Å²) in [4.78, 5) is 36.3. The third-order valence-electron chi connectivity index (χ3n) is 5.89. The summed E-state index contributed by atoms with van der Waals surface area (Å²) in [6, 6.07) is 15.8. The average molecular weight is 592 g/mol. The number of nitrogens with two attached hydrogens (primary N) is 1. The number of benzene rings is 3. The second-order valence-electron chi connectivity index (χ2n) is 8.81. The number of thiol groups is 1. The van der Waals surface area contributed by atoms with Crippen molar-refractivity contribution < 1.29 is 27.2 Å². The first kappa shape index (κ1) is 30.1. The molecule has 0 aliphatic heterocycles. The van der Waals surface area contributed by atoms with Crippen molar-refractivity contribution >= 4 is 52.0 Å². The largest absolute Gasteiger partial charge is 0.368 e.